The van der Waals surface area contributed by atoms with E-state index in [1.54, 1.807) is 0 Å². The lowest BCUT2D eigenvalue weighted by Crippen LogP contribution is -2.00. The normalized spacial score (nSPS) is 11.3. The monoisotopic (exact) mass is 551 g/mol. The number of hydrogen-bond donors (Lipinski definition) is 0. The fourth-order valence-electron chi connectivity index (χ4n) is 5.58. The zero-order valence-electron chi connectivity index (χ0n) is 23.2. The zero-order valence-corrected chi connectivity index (χ0v) is 23.2. The van der Waals surface area contributed by atoms with Crippen molar-refractivity contribution in [3.63, 3.8) is 0 Å². The molecule has 0 bridgehead atoms. The van der Waals surface area contributed by atoms with E-state index in [2.05, 4.69) is 66.7 Å². The Hall–Kier alpha value is -5.87. The van der Waals surface area contributed by atoms with Gasteiger partial charge in [0, 0.05) is 33.0 Å². The van der Waals surface area contributed by atoms with E-state index in [9.17, 15) is 0 Å². The van der Waals surface area contributed by atoms with Crippen molar-refractivity contribution in [1.29, 1.82) is 0 Å². The number of furan rings is 1. The fraction of sp³-hybridized carbons (Fsp3) is 0. The Morgan fingerprint density at radius 3 is 1.42 bits per heavy atom. The molecule has 0 saturated carbocycles. The van der Waals surface area contributed by atoms with Crippen LogP contribution in [0.2, 0.25) is 0 Å². The van der Waals surface area contributed by atoms with E-state index in [0.717, 1.165) is 49.8 Å². The number of para-hydroxylation sites is 1. The molecule has 0 atom stereocenters. The molecule has 202 valence electrons. The van der Waals surface area contributed by atoms with Crippen LogP contribution in [0.15, 0.2) is 156 Å². The van der Waals surface area contributed by atoms with Gasteiger partial charge in [0.1, 0.15) is 11.2 Å². The predicted octanol–water partition coefficient (Wildman–Crippen LogP) is 10.1. The van der Waals surface area contributed by atoms with Crippen LogP contribution < -0.4 is 0 Å². The van der Waals surface area contributed by atoms with E-state index in [1.807, 2.05) is 84.9 Å². The van der Waals surface area contributed by atoms with Crippen molar-refractivity contribution in [3.05, 3.63) is 152 Å². The van der Waals surface area contributed by atoms with Crippen molar-refractivity contribution in [3.8, 4) is 56.4 Å². The van der Waals surface area contributed by atoms with Crippen LogP contribution in [0.4, 0.5) is 0 Å². The first-order chi connectivity index (χ1) is 21.3. The Morgan fingerprint density at radius 1 is 0.349 bits per heavy atom. The van der Waals surface area contributed by atoms with E-state index in [1.165, 1.54) is 11.1 Å². The molecule has 2 heterocycles. The number of benzene rings is 6. The smallest absolute Gasteiger partial charge is 0.164 e. The molecule has 0 unspecified atom stereocenters. The second-order valence-corrected chi connectivity index (χ2v) is 10.5. The van der Waals surface area contributed by atoms with E-state index in [0.29, 0.717) is 17.5 Å². The maximum atomic E-state index is 6.48. The van der Waals surface area contributed by atoms with Gasteiger partial charge in [0.25, 0.3) is 0 Å². The van der Waals surface area contributed by atoms with Gasteiger partial charge in [0.15, 0.2) is 17.5 Å². The molecule has 0 radical (unpaired) electrons. The molecule has 4 heteroatoms. The SMILES string of the molecule is c1ccc(-c2ccc(-c3cc(-c4nc(-c5ccccc5)nc(-c5ccccc5)n4)cc4c3oc3ccccc34)cc2)cc1. The van der Waals surface area contributed by atoms with Crippen LogP contribution in [-0.4, -0.2) is 15.0 Å². The van der Waals surface area contributed by atoms with E-state index < -0.39 is 0 Å². The van der Waals surface area contributed by atoms with Crippen LogP contribution >= 0.6 is 0 Å². The van der Waals surface area contributed by atoms with Crippen LogP contribution in [0.25, 0.3) is 78.4 Å². The summed E-state index contributed by atoms with van der Waals surface area (Å²) in [7, 11) is 0. The van der Waals surface area contributed by atoms with Crippen LogP contribution in [-0.2, 0) is 0 Å². The maximum absolute atomic E-state index is 6.48. The van der Waals surface area contributed by atoms with E-state index in [4.69, 9.17) is 19.4 Å². The first-order valence-electron chi connectivity index (χ1n) is 14.3. The third-order valence-corrected chi connectivity index (χ3v) is 7.74. The molecule has 0 saturated heterocycles. The van der Waals surface area contributed by atoms with Gasteiger partial charge in [-0.1, -0.05) is 133 Å². The minimum absolute atomic E-state index is 0.613. The summed E-state index contributed by atoms with van der Waals surface area (Å²) >= 11 is 0. The molecule has 0 aliphatic heterocycles. The second kappa shape index (κ2) is 10.5. The summed E-state index contributed by atoms with van der Waals surface area (Å²) in [5.41, 5.74) is 8.88. The van der Waals surface area contributed by atoms with Gasteiger partial charge in [-0.25, -0.2) is 15.0 Å². The van der Waals surface area contributed by atoms with Crippen molar-refractivity contribution < 1.29 is 4.42 Å². The highest BCUT2D eigenvalue weighted by molar-refractivity contribution is 6.11. The first kappa shape index (κ1) is 24.9. The highest BCUT2D eigenvalue weighted by Gasteiger charge is 2.18. The molecular formula is C39H25N3O. The van der Waals surface area contributed by atoms with E-state index >= 15 is 0 Å². The number of hydrogen-bond acceptors (Lipinski definition) is 4. The Labute approximate surface area is 249 Å². The predicted molar refractivity (Wildman–Crippen MR) is 174 cm³/mol. The summed E-state index contributed by atoms with van der Waals surface area (Å²) in [6.45, 7) is 0. The van der Waals surface area contributed by atoms with Crippen LogP contribution in [0, 0.1) is 0 Å². The third kappa shape index (κ3) is 4.65. The van der Waals surface area contributed by atoms with Gasteiger partial charge < -0.3 is 4.42 Å². The molecule has 0 N–H and O–H groups in total. The quantitative estimate of drug-likeness (QED) is 0.214. The molecule has 0 aliphatic carbocycles. The summed E-state index contributed by atoms with van der Waals surface area (Å²) in [5.74, 6) is 1.88. The van der Waals surface area contributed by atoms with Crippen molar-refractivity contribution in [1.82, 2.24) is 15.0 Å². The van der Waals surface area contributed by atoms with Crippen molar-refractivity contribution in [2.45, 2.75) is 0 Å². The second-order valence-electron chi connectivity index (χ2n) is 10.5. The summed E-state index contributed by atoms with van der Waals surface area (Å²) in [4.78, 5) is 14.9. The molecule has 8 aromatic rings. The topological polar surface area (TPSA) is 51.8 Å². The highest BCUT2D eigenvalue weighted by Crippen LogP contribution is 2.40. The van der Waals surface area contributed by atoms with Crippen molar-refractivity contribution >= 4 is 21.9 Å². The molecule has 0 amide bonds. The average molecular weight is 552 g/mol. The molecule has 8 rings (SSSR count). The van der Waals surface area contributed by atoms with Crippen LogP contribution in [0.5, 0.6) is 0 Å². The number of fused-ring (bicyclic) bond motifs is 3. The average Bonchev–Trinajstić information content (AvgIpc) is 3.48. The molecule has 43 heavy (non-hydrogen) atoms. The fourth-order valence-corrected chi connectivity index (χ4v) is 5.58. The lowest BCUT2D eigenvalue weighted by atomic mass is 9.96. The van der Waals surface area contributed by atoms with Gasteiger partial charge in [-0.15, -0.1) is 0 Å². The number of rotatable bonds is 5. The summed E-state index contributed by atoms with van der Waals surface area (Å²) in [6.07, 6.45) is 0. The molecule has 4 nitrogen and oxygen atoms in total. The summed E-state index contributed by atoms with van der Waals surface area (Å²) in [6, 6.07) is 51.6. The van der Waals surface area contributed by atoms with Gasteiger partial charge in [0.05, 0.1) is 0 Å². The minimum Gasteiger partial charge on any atom is -0.455 e. The van der Waals surface area contributed by atoms with Crippen LogP contribution in [0.3, 0.4) is 0 Å². The minimum atomic E-state index is 0.613. The number of aromatic nitrogens is 3. The molecule has 6 aromatic carbocycles. The van der Waals surface area contributed by atoms with Gasteiger partial charge in [-0.2, -0.15) is 0 Å². The van der Waals surface area contributed by atoms with E-state index in [-0.39, 0.29) is 0 Å². The van der Waals surface area contributed by atoms with Gasteiger partial charge in [-0.3, -0.25) is 0 Å². The van der Waals surface area contributed by atoms with Gasteiger partial charge >= 0.3 is 0 Å². The van der Waals surface area contributed by atoms with Crippen molar-refractivity contribution in [2.24, 2.45) is 0 Å². The maximum Gasteiger partial charge on any atom is 0.164 e. The Bertz CT molecular complexity index is 2150. The molecular weight excluding hydrogens is 526 g/mol. The lowest BCUT2D eigenvalue weighted by molar-refractivity contribution is 0.670. The lowest BCUT2D eigenvalue weighted by Gasteiger charge is -2.11. The van der Waals surface area contributed by atoms with Gasteiger partial charge in [0.2, 0.25) is 0 Å². The highest BCUT2D eigenvalue weighted by atomic mass is 16.3. The molecule has 0 spiro atoms. The summed E-state index contributed by atoms with van der Waals surface area (Å²) < 4.78 is 6.48. The zero-order chi connectivity index (χ0) is 28.6. The van der Waals surface area contributed by atoms with Gasteiger partial charge in [-0.05, 0) is 34.9 Å². The summed E-state index contributed by atoms with van der Waals surface area (Å²) in [5, 5.41) is 2.08. The molecule has 0 aliphatic rings. The molecule has 0 fully saturated rings. The number of nitrogens with zero attached hydrogens (tertiary/aromatic N) is 3. The standard InChI is InChI=1S/C39H25N3O/c1-4-12-26(13-5-1)27-20-22-28(23-21-27)33-24-31(25-34-32-18-10-11-19-35(32)43-36(33)34)39-41-37(29-14-6-2-7-15-29)40-38(42-39)30-16-8-3-9-17-30/h1-25H. The Kier molecular flexibility index (Phi) is 6.08. The van der Waals surface area contributed by atoms with Crippen molar-refractivity contribution in [2.75, 3.05) is 0 Å². The Balaban J connectivity index is 1.35. The third-order valence-electron chi connectivity index (χ3n) is 7.74. The van der Waals surface area contributed by atoms with Crippen LogP contribution in [0.1, 0.15) is 0 Å². The molecule has 2 aromatic heterocycles. The Morgan fingerprint density at radius 2 is 0.814 bits per heavy atom. The largest absolute Gasteiger partial charge is 0.455 e. The first-order valence-corrected chi connectivity index (χ1v) is 14.3.